The zero-order valence-corrected chi connectivity index (χ0v) is 17.7. The van der Waals surface area contributed by atoms with Crippen molar-refractivity contribution in [2.45, 2.75) is 26.7 Å². The molecule has 0 saturated heterocycles. The molecule has 0 saturated carbocycles. The summed E-state index contributed by atoms with van der Waals surface area (Å²) in [6.07, 6.45) is 2.62. The molecule has 31 heavy (non-hydrogen) atoms. The molecule has 0 radical (unpaired) electrons. The maximum atomic E-state index is 11.8. The molecular formula is C27H24N2O2. The SMILES string of the molecule is Cc1ccccc1-c1cc(-c2ccccc2C)c2c(CC(=O)O)c3n(c2c1)C=NCC3. The first-order valence-corrected chi connectivity index (χ1v) is 10.6. The number of hydrogen-bond acceptors (Lipinski definition) is 2. The second-order valence-electron chi connectivity index (χ2n) is 8.19. The van der Waals surface area contributed by atoms with Crippen LogP contribution in [0, 0.1) is 13.8 Å². The summed E-state index contributed by atoms with van der Waals surface area (Å²) in [5.41, 5.74) is 9.90. The van der Waals surface area contributed by atoms with E-state index in [1.54, 1.807) is 0 Å². The van der Waals surface area contributed by atoms with Crippen molar-refractivity contribution in [2.24, 2.45) is 4.99 Å². The van der Waals surface area contributed by atoms with Crippen molar-refractivity contribution in [3.05, 3.63) is 83.0 Å². The molecule has 0 fully saturated rings. The van der Waals surface area contributed by atoms with Crippen LogP contribution in [-0.4, -0.2) is 28.5 Å². The number of fused-ring (bicyclic) bond motifs is 3. The predicted molar refractivity (Wildman–Crippen MR) is 126 cm³/mol. The zero-order valence-electron chi connectivity index (χ0n) is 17.7. The maximum absolute atomic E-state index is 11.8. The topological polar surface area (TPSA) is 54.6 Å². The quantitative estimate of drug-likeness (QED) is 0.474. The first-order valence-electron chi connectivity index (χ1n) is 10.6. The van der Waals surface area contributed by atoms with E-state index < -0.39 is 5.97 Å². The van der Waals surface area contributed by atoms with E-state index in [9.17, 15) is 9.90 Å². The van der Waals surface area contributed by atoms with Crippen molar-refractivity contribution in [3.8, 4) is 22.3 Å². The number of carboxylic acid groups (broad SMARTS) is 1. The van der Waals surface area contributed by atoms with Gasteiger partial charge in [0.05, 0.1) is 18.3 Å². The second-order valence-corrected chi connectivity index (χ2v) is 8.19. The molecule has 0 spiro atoms. The molecule has 4 nitrogen and oxygen atoms in total. The molecule has 1 N–H and O–H groups in total. The van der Waals surface area contributed by atoms with Gasteiger partial charge in [-0.05, 0) is 64.9 Å². The number of aromatic nitrogens is 1. The lowest BCUT2D eigenvalue weighted by molar-refractivity contribution is -0.136. The summed E-state index contributed by atoms with van der Waals surface area (Å²) in [6, 6.07) is 21.1. The molecule has 5 rings (SSSR count). The number of rotatable bonds is 4. The van der Waals surface area contributed by atoms with Gasteiger partial charge in [-0.2, -0.15) is 0 Å². The minimum atomic E-state index is -0.809. The van der Waals surface area contributed by atoms with Gasteiger partial charge in [-0.1, -0.05) is 48.5 Å². The standard InChI is InChI=1S/C27H24N2O2/c1-17-7-3-5-9-20(17)19-13-22(21-10-6-4-8-18(21)2)27-23(15-26(30)31)24-11-12-28-16-29(24)25(27)14-19/h3-10,13-14,16H,11-12,15H2,1-2H3,(H,30,31). The number of aryl methyl sites for hydroxylation is 2. The molecule has 1 aliphatic rings. The van der Waals surface area contributed by atoms with Crippen LogP contribution < -0.4 is 0 Å². The van der Waals surface area contributed by atoms with E-state index in [1.807, 2.05) is 18.5 Å². The zero-order chi connectivity index (χ0) is 21.5. The highest BCUT2D eigenvalue weighted by Crippen LogP contribution is 2.41. The lowest BCUT2D eigenvalue weighted by atomic mass is 9.90. The molecule has 2 heterocycles. The Morgan fingerprint density at radius 1 is 0.968 bits per heavy atom. The van der Waals surface area contributed by atoms with Gasteiger partial charge in [0.25, 0.3) is 0 Å². The third kappa shape index (κ3) is 3.25. The van der Waals surface area contributed by atoms with Crippen LogP contribution in [0.5, 0.6) is 0 Å². The molecule has 0 amide bonds. The largest absolute Gasteiger partial charge is 0.481 e. The van der Waals surface area contributed by atoms with E-state index in [-0.39, 0.29) is 6.42 Å². The molecule has 4 heteroatoms. The minimum absolute atomic E-state index is 0.00919. The van der Waals surface area contributed by atoms with Crippen LogP contribution in [0.15, 0.2) is 65.7 Å². The fourth-order valence-corrected chi connectivity index (χ4v) is 4.76. The molecule has 3 aromatic carbocycles. The van der Waals surface area contributed by atoms with E-state index in [2.05, 4.69) is 71.9 Å². The highest BCUT2D eigenvalue weighted by atomic mass is 16.4. The molecule has 4 aromatic rings. The highest BCUT2D eigenvalue weighted by molar-refractivity contribution is 6.06. The summed E-state index contributed by atoms with van der Waals surface area (Å²) >= 11 is 0. The number of benzene rings is 3. The molecule has 1 aromatic heterocycles. The molecule has 0 bridgehead atoms. The smallest absolute Gasteiger partial charge is 0.307 e. The Morgan fingerprint density at radius 3 is 2.32 bits per heavy atom. The van der Waals surface area contributed by atoms with Crippen molar-refractivity contribution < 1.29 is 9.90 Å². The molecule has 0 aliphatic carbocycles. The van der Waals surface area contributed by atoms with Gasteiger partial charge in [-0.15, -0.1) is 0 Å². The van der Waals surface area contributed by atoms with Gasteiger partial charge in [0.15, 0.2) is 0 Å². The van der Waals surface area contributed by atoms with Crippen LogP contribution >= 0.6 is 0 Å². The van der Waals surface area contributed by atoms with Gasteiger partial charge in [0, 0.05) is 24.0 Å². The Bertz CT molecular complexity index is 1360. The predicted octanol–water partition coefficient (Wildman–Crippen LogP) is 5.65. The first kappa shape index (κ1) is 19.3. The average Bonchev–Trinajstić information content (AvgIpc) is 3.07. The summed E-state index contributed by atoms with van der Waals surface area (Å²) in [5, 5.41) is 10.7. The molecule has 154 valence electrons. The minimum Gasteiger partial charge on any atom is -0.481 e. The Hall–Kier alpha value is -3.66. The van der Waals surface area contributed by atoms with Crippen molar-refractivity contribution in [1.29, 1.82) is 0 Å². The number of carboxylic acids is 1. The van der Waals surface area contributed by atoms with E-state index in [0.29, 0.717) is 6.54 Å². The summed E-state index contributed by atoms with van der Waals surface area (Å²) in [4.78, 5) is 16.3. The van der Waals surface area contributed by atoms with Crippen molar-refractivity contribution in [1.82, 2.24) is 4.57 Å². The van der Waals surface area contributed by atoms with Crippen LogP contribution in [0.2, 0.25) is 0 Å². The van der Waals surface area contributed by atoms with Crippen LogP contribution in [0.4, 0.5) is 0 Å². The lowest BCUT2D eigenvalue weighted by Crippen LogP contribution is -2.12. The molecular weight excluding hydrogens is 384 g/mol. The summed E-state index contributed by atoms with van der Waals surface area (Å²) in [7, 11) is 0. The summed E-state index contributed by atoms with van der Waals surface area (Å²) < 4.78 is 2.10. The number of aliphatic imine (C=N–C) groups is 1. The van der Waals surface area contributed by atoms with Gasteiger partial charge in [-0.25, -0.2) is 0 Å². The van der Waals surface area contributed by atoms with E-state index >= 15 is 0 Å². The van der Waals surface area contributed by atoms with Gasteiger partial charge < -0.3 is 9.67 Å². The number of carbonyl (C=O) groups is 1. The fraction of sp³-hybridized carbons (Fsp3) is 0.185. The Kier molecular flexibility index (Phi) is 4.70. The monoisotopic (exact) mass is 408 g/mol. The van der Waals surface area contributed by atoms with E-state index in [0.717, 1.165) is 45.3 Å². The molecule has 1 aliphatic heterocycles. The van der Waals surface area contributed by atoms with Crippen molar-refractivity contribution >= 4 is 23.2 Å². The summed E-state index contributed by atoms with van der Waals surface area (Å²) in [5.74, 6) is -0.809. The fourth-order valence-electron chi connectivity index (χ4n) is 4.76. The van der Waals surface area contributed by atoms with E-state index in [4.69, 9.17) is 0 Å². The maximum Gasteiger partial charge on any atom is 0.307 e. The number of aliphatic carboxylic acids is 1. The Balaban J connectivity index is 1.93. The van der Waals surface area contributed by atoms with Crippen LogP contribution in [0.1, 0.15) is 22.4 Å². The third-order valence-electron chi connectivity index (χ3n) is 6.21. The normalized spacial score (nSPS) is 12.8. The lowest BCUT2D eigenvalue weighted by Gasteiger charge is -2.14. The van der Waals surface area contributed by atoms with Crippen LogP contribution in [0.3, 0.4) is 0 Å². The van der Waals surface area contributed by atoms with Crippen LogP contribution in [-0.2, 0) is 17.6 Å². The summed E-state index contributed by atoms with van der Waals surface area (Å²) in [6.45, 7) is 4.92. The third-order valence-corrected chi connectivity index (χ3v) is 6.21. The van der Waals surface area contributed by atoms with Crippen LogP contribution in [0.25, 0.3) is 33.2 Å². The van der Waals surface area contributed by atoms with Crippen molar-refractivity contribution in [3.63, 3.8) is 0 Å². The second kappa shape index (κ2) is 7.55. The number of nitrogens with zero attached hydrogens (tertiary/aromatic N) is 2. The van der Waals surface area contributed by atoms with Crippen molar-refractivity contribution in [2.75, 3.05) is 6.54 Å². The van der Waals surface area contributed by atoms with Gasteiger partial charge in [0.2, 0.25) is 0 Å². The molecule has 0 unspecified atom stereocenters. The van der Waals surface area contributed by atoms with Gasteiger partial charge in [-0.3, -0.25) is 9.79 Å². The number of hydrogen-bond donors (Lipinski definition) is 1. The first-order chi connectivity index (χ1) is 15.0. The molecule has 0 atom stereocenters. The Labute approximate surface area is 181 Å². The highest BCUT2D eigenvalue weighted by Gasteiger charge is 2.24. The van der Waals surface area contributed by atoms with Gasteiger partial charge in [0.1, 0.15) is 0 Å². The average molecular weight is 409 g/mol. The van der Waals surface area contributed by atoms with E-state index in [1.165, 1.54) is 16.7 Å². The van der Waals surface area contributed by atoms with Gasteiger partial charge >= 0.3 is 5.97 Å². The Morgan fingerprint density at radius 2 is 1.65 bits per heavy atom.